The summed E-state index contributed by atoms with van der Waals surface area (Å²) in [6.45, 7) is 1.00. The Bertz CT molecular complexity index is 1450. The Kier molecular flexibility index (Phi) is 9.56. The molecule has 1 N–H and O–H groups in total. The number of fused-ring (bicyclic) bond motifs is 2. The second-order valence-electron chi connectivity index (χ2n) is 10.1. The van der Waals surface area contributed by atoms with E-state index in [1.165, 1.54) is 0 Å². The lowest BCUT2D eigenvalue weighted by molar-refractivity contribution is -0.673. The highest BCUT2D eigenvalue weighted by Crippen LogP contribution is 2.46. The number of carbonyl (C=O) groups excluding carboxylic acids is 1. The van der Waals surface area contributed by atoms with Gasteiger partial charge in [-0.05, 0) is 44.2 Å². The van der Waals surface area contributed by atoms with Crippen LogP contribution in [0.5, 0.6) is 0 Å². The molecule has 3 atom stereocenters. The quantitative estimate of drug-likeness (QED) is 0.237. The Labute approximate surface area is 233 Å². The van der Waals surface area contributed by atoms with Crippen LogP contribution >= 0.6 is 11.8 Å². The number of carbonyl (C=O) groups is 1. The third-order valence-corrected chi connectivity index (χ3v) is 9.85. The molecule has 2 fully saturated rings. The molecule has 4 rings (SSSR count). The van der Waals surface area contributed by atoms with Crippen molar-refractivity contribution in [2.24, 2.45) is 0 Å². The summed E-state index contributed by atoms with van der Waals surface area (Å²) in [7, 11) is -7.90. The number of aromatic nitrogens is 1. The first kappa shape index (κ1) is 29.8. The Morgan fingerprint density at radius 1 is 1.15 bits per heavy atom. The van der Waals surface area contributed by atoms with Crippen molar-refractivity contribution >= 4 is 54.8 Å². The van der Waals surface area contributed by atoms with Crippen molar-refractivity contribution in [2.45, 2.75) is 69.0 Å². The van der Waals surface area contributed by atoms with E-state index in [0.717, 1.165) is 34.3 Å². The first-order valence-corrected chi connectivity index (χ1v) is 17.4. The molecule has 1 saturated carbocycles. The minimum Gasteiger partial charge on any atom is -0.748 e. The van der Waals surface area contributed by atoms with Crippen LogP contribution in [0.15, 0.2) is 41.4 Å². The van der Waals surface area contributed by atoms with Gasteiger partial charge in [-0.3, -0.25) is 9.52 Å². The van der Waals surface area contributed by atoms with Crippen LogP contribution < -0.4 is 9.29 Å². The number of unbranched alkanes of at least 4 members (excludes halogenated alkanes) is 1. The van der Waals surface area contributed by atoms with Crippen LogP contribution in [-0.2, 0) is 31.5 Å². The molecule has 0 spiro atoms. The van der Waals surface area contributed by atoms with Gasteiger partial charge in [0, 0.05) is 60.0 Å². The Hall–Kier alpha value is -2.22. The average Bonchev–Trinajstić information content (AvgIpc) is 3.17. The zero-order valence-corrected chi connectivity index (χ0v) is 24.2. The molecule has 1 aliphatic carbocycles. The molecule has 1 aromatic heterocycles. The highest BCUT2D eigenvalue weighted by atomic mass is 32.2. The van der Waals surface area contributed by atoms with Crippen molar-refractivity contribution in [3.05, 3.63) is 47.1 Å². The van der Waals surface area contributed by atoms with E-state index in [0.29, 0.717) is 38.8 Å². The molecule has 1 amide bonds. The zero-order chi connectivity index (χ0) is 28.2. The predicted octanol–water partition coefficient (Wildman–Crippen LogP) is 2.92. The third-order valence-electron chi connectivity index (χ3n) is 7.02. The minimum atomic E-state index is -4.27. The summed E-state index contributed by atoms with van der Waals surface area (Å²) in [6.07, 6.45) is 5.02. The van der Waals surface area contributed by atoms with Gasteiger partial charge >= 0.3 is 0 Å². The second-order valence-corrected chi connectivity index (χ2v) is 14.7. The average molecular weight is 600 g/mol. The van der Waals surface area contributed by atoms with Crippen LogP contribution in [0.25, 0.3) is 17.0 Å². The molecule has 0 radical (unpaired) electrons. The van der Waals surface area contributed by atoms with E-state index in [1.54, 1.807) is 11.8 Å². The monoisotopic (exact) mass is 599 g/mol. The number of alkyl halides is 1. The van der Waals surface area contributed by atoms with E-state index in [1.807, 2.05) is 41.1 Å². The summed E-state index contributed by atoms with van der Waals surface area (Å²) in [5, 5.41) is 2.22. The van der Waals surface area contributed by atoms with Crippen molar-refractivity contribution < 1.29 is 35.1 Å². The molecule has 2 aromatic rings. The van der Waals surface area contributed by atoms with Gasteiger partial charge < -0.3 is 9.45 Å². The molecule has 9 nitrogen and oxygen atoms in total. The maximum Gasteiger partial charge on any atom is 0.233 e. The van der Waals surface area contributed by atoms with Gasteiger partial charge in [0.1, 0.15) is 12.7 Å². The molecule has 1 aromatic carbocycles. The van der Waals surface area contributed by atoms with Gasteiger partial charge in [-0.15, -0.1) is 11.8 Å². The highest BCUT2D eigenvalue weighted by molar-refractivity contribution is 8.04. The molecule has 0 bridgehead atoms. The van der Waals surface area contributed by atoms with Crippen molar-refractivity contribution in [1.29, 1.82) is 0 Å². The lowest BCUT2D eigenvalue weighted by Gasteiger charge is -2.33. The number of nitrogens with zero attached hydrogens (tertiary/aromatic N) is 2. The molecule has 39 heavy (non-hydrogen) atoms. The molecule has 214 valence electrons. The van der Waals surface area contributed by atoms with Crippen LogP contribution in [0.2, 0.25) is 0 Å². The Morgan fingerprint density at radius 2 is 1.92 bits per heavy atom. The summed E-state index contributed by atoms with van der Waals surface area (Å²) >= 11 is 1.70. The number of benzene rings is 1. The molecular formula is C26H34FN3O6S3. The maximum absolute atomic E-state index is 14.4. The Balaban J connectivity index is 1.60. The fourth-order valence-corrected chi connectivity index (χ4v) is 7.91. The van der Waals surface area contributed by atoms with Gasteiger partial charge in [0.05, 0.1) is 21.4 Å². The second kappa shape index (κ2) is 12.5. The van der Waals surface area contributed by atoms with Crippen molar-refractivity contribution in [3.63, 3.8) is 0 Å². The summed E-state index contributed by atoms with van der Waals surface area (Å²) < 4.78 is 74.5. The van der Waals surface area contributed by atoms with Crippen molar-refractivity contribution in [3.8, 4) is 0 Å². The number of hydrogen-bond donors (Lipinski definition) is 1. The van der Waals surface area contributed by atoms with E-state index in [4.69, 9.17) is 0 Å². The number of nitrogens with one attached hydrogen (secondary N) is 1. The van der Waals surface area contributed by atoms with Crippen molar-refractivity contribution in [2.75, 3.05) is 18.6 Å². The number of pyridine rings is 1. The fraction of sp³-hybridized carbons (Fsp3) is 0.538. The number of para-hydroxylation sites is 1. The summed E-state index contributed by atoms with van der Waals surface area (Å²) in [6, 6.07) is 11.9. The lowest BCUT2D eigenvalue weighted by Crippen LogP contribution is -2.41. The normalized spacial score (nSPS) is 22.8. The number of thioether (sulfide) groups is 1. The highest BCUT2D eigenvalue weighted by Gasteiger charge is 2.42. The molecule has 2 aliphatic rings. The summed E-state index contributed by atoms with van der Waals surface area (Å²) in [5.74, 6) is -0.968. The largest absolute Gasteiger partial charge is 0.748 e. The van der Waals surface area contributed by atoms with E-state index in [9.17, 15) is 30.6 Å². The molecule has 13 heteroatoms. The van der Waals surface area contributed by atoms with E-state index >= 15 is 0 Å². The standard InChI is InChI=1S/C26H34FN3O6S3/c1-38(32,33)28-25(31)9-6-15-30-23-17-20(27)11-13-24(23)37-26(30)18-21-12-10-19-7-2-3-8-22(19)29(21)14-4-5-16-39(34,35)36/h2-3,7-8,10,12,18,20,23-24H,4-6,9,11,13-17H2,1H3,(H-,28,31,34,35,36). The van der Waals surface area contributed by atoms with Crippen LogP contribution in [0.1, 0.15) is 50.6 Å². The Morgan fingerprint density at radius 3 is 2.67 bits per heavy atom. The first-order valence-electron chi connectivity index (χ1n) is 13.0. The fourth-order valence-electron chi connectivity index (χ4n) is 5.31. The number of amides is 1. The number of rotatable bonds is 11. The SMILES string of the molecule is CS(=O)(=O)NC(=O)CCCN1/C(=C/c2ccc3ccccc3[n+]2CCCCS(=O)(=O)[O-])SC2CCC(F)CC21. The van der Waals surface area contributed by atoms with E-state index in [-0.39, 0.29) is 24.1 Å². The van der Waals surface area contributed by atoms with Gasteiger partial charge in [0.15, 0.2) is 0 Å². The minimum absolute atomic E-state index is 0.0147. The van der Waals surface area contributed by atoms with Crippen LogP contribution in [0.3, 0.4) is 0 Å². The molecule has 1 saturated heterocycles. The van der Waals surface area contributed by atoms with Crippen LogP contribution in [0, 0.1) is 0 Å². The maximum atomic E-state index is 14.4. The van der Waals surface area contributed by atoms with Gasteiger partial charge in [-0.2, -0.15) is 4.57 Å². The molecule has 3 unspecified atom stereocenters. The third kappa shape index (κ3) is 8.38. The predicted molar refractivity (Wildman–Crippen MR) is 149 cm³/mol. The van der Waals surface area contributed by atoms with Gasteiger partial charge in [0.25, 0.3) is 0 Å². The summed E-state index contributed by atoms with van der Waals surface area (Å²) in [5.41, 5.74) is 1.88. The number of sulfonamides is 1. The van der Waals surface area contributed by atoms with Crippen molar-refractivity contribution in [1.82, 2.24) is 9.62 Å². The first-order chi connectivity index (χ1) is 18.4. The number of halogens is 1. The molecular weight excluding hydrogens is 566 g/mol. The molecule has 2 heterocycles. The van der Waals surface area contributed by atoms with Gasteiger partial charge in [-0.1, -0.05) is 12.1 Å². The van der Waals surface area contributed by atoms with Crippen LogP contribution in [-0.4, -0.2) is 68.2 Å². The summed E-state index contributed by atoms with van der Waals surface area (Å²) in [4.78, 5) is 14.2. The zero-order valence-electron chi connectivity index (χ0n) is 21.8. The lowest BCUT2D eigenvalue weighted by atomic mass is 9.92. The topological polar surface area (TPSA) is 128 Å². The van der Waals surface area contributed by atoms with Crippen LogP contribution in [0.4, 0.5) is 4.39 Å². The smallest absolute Gasteiger partial charge is 0.233 e. The van der Waals surface area contributed by atoms with E-state index in [2.05, 4.69) is 15.5 Å². The van der Waals surface area contributed by atoms with E-state index < -0.39 is 38.0 Å². The van der Waals surface area contributed by atoms with Gasteiger partial charge in [-0.25, -0.2) is 21.2 Å². The van der Waals surface area contributed by atoms with Gasteiger partial charge in [0.2, 0.25) is 27.1 Å². The number of aryl methyl sites for hydroxylation is 1. The number of hydrogen-bond acceptors (Lipinski definition) is 8. The molecule has 1 aliphatic heterocycles.